The molecule has 0 aromatic heterocycles. The van der Waals surface area contributed by atoms with Crippen molar-refractivity contribution in [3.63, 3.8) is 0 Å². The standard InChI is InChI=1S/C15H14Cl2FNO/c16-12-3-1-2-11(8-12)10-19-6-7-20-15-9-13(18)4-5-14(15)17/h1-5,8-9,19H,6-7,10H2. The number of hydrogen-bond donors (Lipinski definition) is 1. The fourth-order valence-electron chi connectivity index (χ4n) is 1.70. The molecule has 2 nitrogen and oxygen atoms in total. The lowest BCUT2D eigenvalue weighted by Crippen LogP contribution is -2.20. The van der Waals surface area contributed by atoms with Crippen molar-refractivity contribution >= 4 is 23.2 Å². The van der Waals surface area contributed by atoms with E-state index in [1.165, 1.54) is 18.2 Å². The van der Waals surface area contributed by atoms with Gasteiger partial charge < -0.3 is 10.1 Å². The van der Waals surface area contributed by atoms with E-state index >= 15 is 0 Å². The molecule has 0 fully saturated rings. The lowest BCUT2D eigenvalue weighted by Gasteiger charge is -2.09. The molecule has 0 unspecified atom stereocenters. The fraction of sp³-hybridized carbons (Fsp3) is 0.200. The van der Waals surface area contributed by atoms with Crippen LogP contribution >= 0.6 is 23.2 Å². The second-order valence-corrected chi connectivity index (χ2v) is 5.07. The highest BCUT2D eigenvalue weighted by atomic mass is 35.5. The minimum absolute atomic E-state index is 0.358. The normalized spacial score (nSPS) is 10.6. The molecule has 2 aromatic rings. The molecule has 0 radical (unpaired) electrons. The molecular weight excluding hydrogens is 300 g/mol. The molecule has 5 heteroatoms. The zero-order chi connectivity index (χ0) is 14.4. The minimum atomic E-state index is -0.365. The summed E-state index contributed by atoms with van der Waals surface area (Å²) in [4.78, 5) is 0. The summed E-state index contributed by atoms with van der Waals surface area (Å²) in [5.74, 6) is -0.00694. The zero-order valence-electron chi connectivity index (χ0n) is 10.7. The average molecular weight is 314 g/mol. The Kier molecular flexibility index (Phi) is 5.65. The number of nitrogens with one attached hydrogen (secondary N) is 1. The average Bonchev–Trinajstić information content (AvgIpc) is 2.42. The van der Waals surface area contributed by atoms with Crippen LogP contribution < -0.4 is 10.1 Å². The Morgan fingerprint density at radius 3 is 2.75 bits per heavy atom. The van der Waals surface area contributed by atoms with Crippen molar-refractivity contribution in [2.45, 2.75) is 6.54 Å². The van der Waals surface area contributed by atoms with Crippen molar-refractivity contribution in [2.24, 2.45) is 0 Å². The second-order valence-electron chi connectivity index (χ2n) is 4.23. The van der Waals surface area contributed by atoms with Gasteiger partial charge in [-0.05, 0) is 29.8 Å². The molecule has 0 aliphatic rings. The molecule has 20 heavy (non-hydrogen) atoms. The van der Waals surface area contributed by atoms with Gasteiger partial charge in [-0.15, -0.1) is 0 Å². The van der Waals surface area contributed by atoms with E-state index in [0.29, 0.717) is 35.5 Å². The third kappa shape index (κ3) is 4.67. The van der Waals surface area contributed by atoms with Crippen LogP contribution in [0.2, 0.25) is 10.0 Å². The predicted molar refractivity (Wildman–Crippen MR) is 80.1 cm³/mol. The molecule has 0 saturated heterocycles. The van der Waals surface area contributed by atoms with E-state index in [2.05, 4.69) is 5.32 Å². The Bertz CT molecular complexity index is 578. The zero-order valence-corrected chi connectivity index (χ0v) is 12.2. The Hall–Kier alpha value is -1.29. The molecule has 0 spiro atoms. The molecule has 0 heterocycles. The summed E-state index contributed by atoms with van der Waals surface area (Å²) in [7, 11) is 0. The van der Waals surface area contributed by atoms with Crippen LogP contribution in [0.3, 0.4) is 0 Å². The highest BCUT2D eigenvalue weighted by molar-refractivity contribution is 6.32. The van der Waals surface area contributed by atoms with Crippen LogP contribution in [0.1, 0.15) is 5.56 Å². The fourth-order valence-corrected chi connectivity index (χ4v) is 2.09. The van der Waals surface area contributed by atoms with Crippen LogP contribution in [0.15, 0.2) is 42.5 Å². The van der Waals surface area contributed by atoms with Gasteiger partial charge in [-0.25, -0.2) is 4.39 Å². The first-order valence-corrected chi connectivity index (χ1v) is 6.94. The largest absolute Gasteiger partial charge is 0.491 e. The first kappa shape index (κ1) is 15.1. The van der Waals surface area contributed by atoms with E-state index in [1.807, 2.05) is 24.3 Å². The summed E-state index contributed by atoms with van der Waals surface area (Å²) in [6.45, 7) is 1.73. The van der Waals surface area contributed by atoms with Crippen molar-refractivity contribution in [1.82, 2.24) is 5.32 Å². The minimum Gasteiger partial charge on any atom is -0.491 e. The molecule has 2 rings (SSSR count). The summed E-state index contributed by atoms with van der Waals surface area (Å²) < 4.78 is 18.4. The summed E-state index contributed by atoms with van der Waals surface area (Å²) in [6, 6.07) is 11.7. The molecule has 0 aliphatic carbocycles. The highest BCUT2D eigenvalue weighted by Gasteiger charge is 2.02. The van der Waals surface area contributed by atoms with Gasteiger partial charge >= 0.3 is 0 Å². The van der Waals surface area contributed by atoms with Crippen LogP contribution in [0.5, 0.6) is 5.75 Å². The maximum atomic E-state index is 13.0. The van der Waals surface area contributed by atoms with Crippen LogP contribution in [0.4, 0.5) is 4.39 Å². The van der Waals surface area contributed by atoms with Crippen molar-refractivity contribution in [3.8, 4) is 5.75 Å². The summed E-state index contributed by atoms with van der Waals surface area (Å²) in [6.07, 6.45) is 0. The van der Waals surface area contributed by atoms with Gasteiger partial charge in [-0.1, -0.05) is 35.3 Å². The quantitative estimate of drug-likeness (QED) is 0.803. The molecule has 0 amide bonds. The molecule has 0 aliphatic heterocycles. The first-order valence-electron chi connectivity index (χ1n) is 6.18. The Morgan fingerprint density at radius 1 is 1.10 bits per heavy atom. The Balaban J connectivity index is 1.73. The summed E-state index contributed by atoms with van der Waals surface area (Å²) in [5, 5.41) is 4.33. The Labute approximate surface area is 127 Å². The lowest BCUT2D eigenvalue weighted by atomic mass is 10.2. The number of ether oxygens (including phenoxy) is 1. The van der Waals surface area contributed by atoms with Crippen LogP contribution in [0, 0.1) is 5.82 Å². The summed E-state index contributed by atoms with van der Waals surface area (Å²) in [5.41, 5.74) is 1.10. The van der Waals surface area contributed by atoms with Gasteiger partial charge in [0.25, 0.3) is 0 Å². The van der Waals surface area contributed by atoms with Gasteiger partial charge in [-0.3, -0.25) is 0 Å². The van der Waals surface area contributed by atoms with E-state index < -0.39 is 0 Å². The van der Waals surface area contributed by atoms with Gasteiger partial charge in [-0.2, -0.15) is 0 Å². The second kappa shape index (κ2) is 7.48. The van der Waals surface area contributed by atoms with Crippen LogP contribution in [-0.4, -0.2) is 13.2 Å². The van der Waals surface area contributed by atoms with Gasteiger partial charge in [0.1, 0.15) is 18.2 Å². The smallest absolute Gasteiger partial charge is 0.140 e. The molecule has 0 atom stereocenters. The van der Waals surface area contributed by atoms with Crippen molar-refractivity contribution in [1.29, 1.82) is 0 Å². The van der Waals surface area contributed by atoms with Crippen molar-refractivity contribution in [3.05, 3.63) is 63.9 Å². The topological polar surface area (TPSA) is 21.3 Å². The number of halogens is 3. The number of hydrogen-bond acceptors (Lipinski definition) is 2. The SMILES string of the molecule is Fc1ccc(Cl)c(OCCNCc2cccc(Cl)c2)c1. The predicted octanol–water partition coefficient (Wildman–Crippen LogP) is 4.30. The first-order chi connectivity index (χ1) is 9.65. The van der Waals surface area contributed by atoms with Crippen LogP contribution in [-0.2, 0) is 6.54 Å². The van der Waals surface area contributed by atoms with Crippen molar-refractivity contribution < 1.29 is 9.13 Å². The van der Waals surface area contributed by atoms with E-state index in [9.17, 15) is 4.39 Å². The van der Waals surface area contributed by atoms with Gasteiger partial charge in [0.05, 0.1) is 5.02 Å². The molecule has 0 saturated carbocycles. The van der Waals surface area contributed by atoms with E-state index in [0.717, 1.165) is 5.56 Å². The maximum absolute atomic E-state index is 13.0. The van der Waals surface area contributed by atoms with E-state index in [1.54, 1.807) is 0 Å². The number of rotatable bonds is 6. The van der Waals surface area contributed by atoms with Crippen LogP contribution in [0.25, 0.3) is 0 Å². The molecule has 106 valence electrons. The molecule has 0 bridgehead atoms. The maximum Gasteiger partial charge on any atom is 0.140 e. The molecular formula is C15H14Cl2FNO. The summed E-state index contributed by atoms with van der Waals surface area (Å²) >= 11 is 11.8. The third-order valence-electron chi connectivity index (χ3n) is 2.65. The Morgan fingerprint density at radius 2 is 1.95 bits per heavy atom. The molecule has 1 N–H and O–H groups in total. The van der Waals surface area contributed by atoms with Gasteiger partial charge in [0.15, 0.2) is 0 Å². The molecule has 2 aromatic carbocycles. The van der Waals surface area contributed by atoms with Crippen molar-refractivity contribution in [2.75, 3.05) is 13.2 Å². The third-order valence-corrected chi connectivity index (χ3v) is 3.20. The van der Waals surface area contributed by atoms with E-state index in [4.69, 9.17) is 27.9 Å². The highest BCUT2D eigenvalue weighted by Crippen LogP contribution is 2.24. The lowest BCUT2D eigenvalue weighted by molar-refractivity contribution is 0.312. The number of benzene rings is 2. The van der Waals surface area contributed by atoms with Gasteiger partial charge in [0.2, 0.25) is 0 Å². The van der Waals surface area contributed by atoms with Gasteiger partial charge in [0, 0.05) is 24.2 Å². The van der Waals surface area contributed by atoms with E-state index in [-0.39, 0.29) is 5.82 Å². The monoisotopic (exact) mass is 313 g/mol.